The normalized spacial score (nSPS) is 23.0. The molecule has 2 fully saturated rings. The summed E-state index contributed by atoms with van der Waals surface area (Å²) in [5.74, 6) is 1.08. The van der Waals surface area contributed by atoms with Gasteiger partial charge in [0.2, 0.25) is 11.9 Å². The molecule has 36 heavy (non-hydrogen) atoms. The first-order valence-corrected chi connectivity index (χ1v) is 14.0. The maximum atomic E-state index is 12.7. The van der Waals surface area contributed by atoms with Crippen LogP contribution in [0.4, 0.5) is 16.8 Å². The zero-order valence-electron chi connectivity index (χ0n) is 20.4. The van der Waals surface area contributed by atoms with Gasteiger partial charge < -0.3 is 26.0 Å². The maximum absolute atomic E-state index is 12.7. The van der Waals surface area contributed by atoms with Gasteiger partial charge in [-0.05, 0) is 68.4 Å². The monoisotopic (exact) mass is 529 g/mol. The van der Waals surface area contributed by atoms with Crippen LogP contribution < -0.4 is 16.0 Å². The number of fused-ring (bicyclic) bond motifs is 1. The lowest BCUT2D eigenvalue weighted by atomic mass is 9.84. The molecule has 12 heteroatoms. The molecule has 0 spiro atoms. The molecule has 4 N–H and O–H groups in total. The molecule has 0 unspecified atom stereocenters. The van der Waals surface area contributed by atoms with Crippen molar-refractivity contribution >= 4 is 61.7 Å². The second-order valence-electron chi connectivity index (χ2n) is 9.90. The SMILES string of the molecule is CC(=O)N1CCC(NC(=O)c2cc(Nc3nc(NC4CCC(C)(O)CC4)c4sccc4n3)sn2)CC1. The Balaban J connectivity index is 1.23. The van der Waals surface area contributed by atoms with Crippen LogP contribution in [0.25, 0.3) is 10.2 Å². The van der Waals surface area contributed by atoms with E-state index in [1.807, 2.05) is 18.4 Å². The Kier molecular flexibility index (Phi) is 7.09. The molecule has 3 aromatic heterocycles. The van der Waals surface area contributed by atoms with Crippen molar-refractivity contribution in [2.24, 2.45) is 0 Å². The Hall–Kier alpha value is -2.83. The predicted octanol–water partition coefficient (Wildman–Crippen LogP) is 3.74. The summed E-state index contributed by atoms with van der Waals surface area (Å²) in [6, 6.07) is 3.96. The molecule has 1 saturated heterocycles. The fourth-order valence-corrected chi connectivity index (χ4v) is 6.16. The molecule has 0 bridgehead atoms. The van der Waals surface area contributed by atoms with Crippen LogP contribution in [-0.4, -0.2) is 66.9 Å². The van der Waals surface area contributed by atoms with Crippen LogP contribution in [0, 0.1) is 0 Å². The summed E-state index contributed by atoms with van der Waals surface area (Å²) in [7, 11) is 0. The van der Waals surface area contributed by atoms with E-state index in [4.69, 9.17) is 4.98 Å². The number of amides is 2. The number of piperidine rings is 1. The van der Waals surface area contributed by atoms with E-state index in [9.17, 15) is 14.7 Å². The third-order valence-electron chi connectivity index (χ3n) is 6.96. The Morgan fingerprint density at radius 3 is 2.61 bits per heavy atom. The Morgan fingerprint density at radius 2 is 1.89 bits per heavy atom. The standard InChI is InChI=1S/C24H31N7O3S2/c1-14(32)31-10-5-16(6-11-31)26-22(33)18-13-19(36-30-18)28-23-27-17-7-12-35-20(17)21(29-23)25-15-3-8-24(2,34)9-4-15/h7,12-13,15-16,34H,3-6,8-11H2,1-2H3,(H,26,33)(H2,25,27,28,29). The van der Waals surface area contributed by atoms with Crippen molar-refractivity contribution in [1.29, 1.82) is 0 Å². The Bertz CT molecular complexity index is 1240. The largest absolute Gasteiger partial charge is 0.390 e. The summed E-state index contributed by atoms with van der Waals surface area (Å²) >= 11 is 2.78. The van der Waals surface area contributed by atoms with E-state index >= 15 is 0 Å². The third kappa shape index (κ3) is 5.76. The molecule has 4 heterocycles. The third-order valence-corrected chi connectivity index (χ3v) is 8.58. The number of hydrogen-bond donors (Lipinski definition) is 4. The van der Waals surface area contributed by atoms with Crippen molar-refractivity contribution in [3.63, 3.8) is 0 Å². The number of likely N-dealkylation sites (tertiary alicyclic amines) is 1. The van der Waals surface area contributed by atoms with Gasteiger partial charge in [0.1, 0.15) is 16.5 Å². The van der Waals surface area contributed by atoms with Gasteiger partial charge in [0.25, 0.3) is 5.91 Å². The molecular formula is C24H31N7O3S2. The van der Waals surface area contributed by atoms with Crippen LogP contribution >= 0.6 is 22.9 Å². The predicted molar refractivity (Wildman–Crippen MR) is 142 cm³/mol. The maximum Gasteiger partial charge on any atom is 0.271 e. The van der Waals surface area contributed by atoms with Crippen LogP contribution in [0.15, 0.2) is 17.5 Å². The highest BCUT2D eigenvalue weighted by molar-refractivity contribution is 7.17. The number of nitrogens with zero attached hydrogens (tertiary/aromatic N) is 4. The van der Waals surface area contributed by atoms with E-state index in [1.165, 1.54) is 11.5 Å². The van der Waals surface area contributed by atoms with Gasteiger partial charge in [0, 0.05) is 38.2 Å². The van der Waals surface area contributed by atoms with Crippen LogP contribution in [-0.2, 0) is 4.79 Å². The topological polar surface area (TPSA) is 132 Å². The van der Waals surface area contributed by atoms with Gasteiger partial charge in [-0.1, -0.05) is 0 Å². The number of carbonyl (C=O) groups excluding carboxylic acids is 2. The number of aliphatic hydroxyl groups is 1. The second kappa shape index (κ2) is 10.3. The lowest BCUT2D eigenvalue weighted by molar-refractivity contribution is -0.129. The first-order valence-electron chi connectivity index (χ1n) is 12.3. The van der Waals surface area contributed by atoms with Gasteiger partial charge in [-0.15, -0.1) is 11.3 Å². The minimum atomic E-state index is -0.586. The fourth-order valence-electron chi connectivity index (χ4n) is 4.74. The summed E-state index contributed by atoms with van der Waals surface area (Å²) in [6.45, 7) is 4.78. The molecule has 2 amide bonds. The van der Waals surface area contributed by atoms with Gasteiger partial charge in [-0.25, -0.2) is 4.98 Å². The molecule has 1 saturated carbocycles. The van der Waals surface area contributed by atoms with Crippen LogP contribution in [0.2, 0.25) is 0 Å². The van der Waals surface area contributed by atoms with Crippen molar-refractivity contribution in [1.82, 2.24) is 24.6 Å². The molecule has 1 aliphatic carbocycles. The van der Waals surface area contributed by atoms with E-state index < -0.39 is 5.60 Å². The van der Waals surface area contributed by atoms with Crippen molar-refractivity contribution in [2.75, 3.05) is 23.7 Å². The average molecular weight is 530 g/mol. The lowest BCUT2D eigenvalue weighted by Gasteiger charge is -2.33. The molecular weight excluding hydrogens is 498 g/mol. The summed E-state index contributed by atoms with van der Waals surface area (Å²) in [5, 5.41) is 22.7. The highest BCUT2D eigenvalue weighted by atomic mass is 32.1. The quantitative estimate of drug-likeness (QED) is 0.380. The molecule has 3 aromatic rings. The number of carbonyl (C=O) groups is 2. The van der Waals surface area contributed by atoms with E-state index in [1.54, 1.807) is 29.2 Å². The Labute approximate surface area is 217 Å². The van der Waals surface area contributed by atoms with E-state index in [2.05, 4.69) is 25.3 Å². The number of thiophene rings is 1. The molecule has 1 aliphatic heterocycles. The average Bonchev–Trinajstić information content (AvgIpc) is 3.51. The van der Waals surface area contributed by atoms with Crippen molar-refractivity contribution in [2.45, 2.75) is 70.1 Å². The van der Waals surface area contributed by atoms with Gasteiger partial charge in [-0.3, -0.25) is 9.59 Å². The summed E-state index contributed by atoms with van der Waals surface area (Å²) < 4.78 is 5.31. The van der Waals surface area contributed by atoms with Gasteiger partial charge in [0.05, 0.1) is 15.8 Å². The van der Waals surface area contributed by atoms with Crippen molar-refractivity contribution in [3.8, 4) is 0 Å². The number of rotatable bonds is 6. The zero-order chi connectivity index (χ0) is 25.3. The molecule has 10 nitrogen and oxygen atoms in total. The van der Waals surface area contributed by atoms with Gasteiger partial charge in [-0.2, -0.15) is 9.36 Å². The van der Waals surface area contributed by atoms with Crippen LogP contribution in [0.1, 0.15) is 62.9 Å². The highest BCUT2D eigenvalue weighted by Crippen LogP contribution is 2.33. The Morgan fingerprint density at radius 1 is 1.14 bits per heavy atom. The lowest BCUT2D eigenvalue weighted by Crippen LogP contribution is -2.46. The first kappa shape index (κ1) is 24.8. The van der Waals surface area contributed by atoms with E-state index in [-0.39, 0.29) is 23.9 Å². The zero-order valence-corrected chi connectivity index (χ0v) is 22.0. The molecule has 5 rings (SSSR count). The summed E-state index contributed by atoms with van der Waals surface area (Å²) in [4.78, 5) is 35.4. The highest BCUT2D eigenvalue weighted by Gasteiger charge is 2.29. The number of nitrogens with one attached hydrogen (secondary N) is 3. The van der Waals surface area contributed by atoms with Crippen molar-refractivity contribution in [3.05, 3.63) is 23.2 Å². The number of anilines is 3. The molecule has 0 aromatic carbocycles. The molecule has 0 radical (unpaired) electrons. The minimum absolute atomic E-state index is 0.0349. The van der Waals surface area contributed by atoms with Gasteiger partial charge >= 0.3 is 0 Å². The fraction of sp³-hybridized carbons (Fsp3) is 0.542. The van der Waals surface area contributed by atoms with E-state index in [0.29, 0.717) is 29.7 Å². The minimum Gasteiger partial charge on any atom is -0.390 e. The van der Waals surface area contributed by atoms with Crippen LogP contribution in [0.5, 0.6) is 0 Å². The molecule has 0 atom stereocenters. The first-order chi connectivity index (χ1) is 17.3. The molecule has 2 aliphatic rings. The molecule has 192 valence electrons. The summed E-state index contributed by atoms with van der Waals surface area (Å²) in [5.41, 5.74) is 0.611. The summed E-state index contributed by atoms with van der Waals surface area (Å²) in [6.07, 6.45) is 4.76. The van der Waals surface area contributed by atoms with Crippen molar-refractivity contribution < 1.29 is 14.7 Å². The number of aromatic nitrogens is 3. The second-order valence-corrected chi connectivity index (χ2v) is 11.6. The number of hydrogen-bond acceptors (Lipinski definition) is 10. The van der Waals surface area contributed by atoms with E-state index in [0.717, 1.165) is 54.6 Å². The van der Waals surface area contributed by atoms with Gasteiger partial charge in [0.15, 0.2) is 0 Å². The smallest absolute Gasteiger partial charge is 0.271 e. The van der Waals surface area contributed by atoms with Crippen LogP contribution in [0.3, 0.4) is 0 Å².